The van der Waals surface area contributed by atoms with Crippen molar-refractivity contribution in [3.05, 3.63) is 0 Å². The van der Waals surface area contributed by atoms with Crippen LogP contribution in [-0.4, -0.2) is 24.5 Å². The Hall–Kier alpha value is -1.06. The first kappa shape index (κ1) is 14.0. The van der Waals surface area contributed by atoms with Gasteiger partial charge in [-0.2, -0.15) is 10.5 Å². The molecule has 2 atom stereocenters. The smallest absolute Gasteiger partial charge is 0.0635 e. The largest absolute Gasteiger partial charge is 0.301 e. The van der Waals surface area contributed by atoms with Crippen LogP contribution in [0.3, 0.4) is 0 Å². The van der Waals surface area contributed by atoms with Gasteiger partial charge in [0.2, 0.25) is 0 Å². The summed E-state index contributed by atoms with van der Waals surface area (Å²) in [5.74, 6) is 1.57. The third-order valence-electron chi connectivity index (χ3n) is 3.86. The van der Waals surface area contributed by atoms with Crippen LogP contribution in [0.1, 0.15) is 45.4 Å². The highest BCUT2D eigenvalue weighted by molar-refractivity contribution is 4.80. The summed E-state index contributed by atoms with van der Waals surface area (Å²) in [6, 6.07) is 4.40. The molecule has 0 heterocycles. The van der Waals surface area contributed by atoms with E-state index < -0.39 is 0 Å². The highest BCUT2D eigenvalue weighted by Gasteiger charge is 2.23. The van der Waals surface area contributed by atoms with E-state index in [1.165, 1.54) is 25.7 Å². The summed E-state index contributed by atoms with van der Waals surface area (Å²) in [7, 11) is 0. The minimum Gasteiger partial charge on any atom is -0.301 e. The van der Waals surface area contributed by atoms with Gasteiger partial charge in [-0.3, -0.25) is 0 Å². The molecule has 1 saturated carbocycles. The second-order valence-electron chi connectivity index (χ2n) is 5.14. The van der Waals surface area contributed by atoms with Crippen LogP contribution >= 0.6 is 0 Å². The van der Waals surface area contributed by atoms with E-state index in [0.29, 0.717) is 12.8 Å². The first-order valence-corrected chi connectivity index (χ1v) is 6.74. The van der Waals surface area contributed by atoms with Crippen molar-refractivity contribution in [2.45, 2.75) is 45.4 Å². The van der Waals surface area contributed by atoms with Crippen molar-refractivity contribution in [1.82, 2.24) is 4.90 Å². The molecular formula is C14H23N3. The number of nitrogens with zero attached hydrogens (tertiary/aromatic N) is 3. The Bertz CT molecular complexity index is 269. The predicted octanol–water partition coefficient (Wildman–Crippen LogP) is 2.94. The summed E-state index contributed by atoms with van der Waals surface area (Å²) in [6.07, 6.45) is 6.53. The molecule has 0 aliphatic heterocycles. The number of hydrogen-bond acceptors (Lipinski definition) is 3. The van der Waals surface area contributed by atoms with Crippen LogP contribution in [-0.2, 0) is 0 Å². The standard InChI is InChI=1S/C14H23N3/c1-13-6-2-3-7-14(13)12-17(10-4-8-15)11-5-9-16/h13-14H,2-7,10-12H2,1H3/t13-,14+/m1/s1. The third-order valence-corrected chi connectivity index (χ3v) is 3.86. The molecule has 0 saturated heterocycles. The van der Waals surface area contributed by atoms with Gasteiger partial charge in [-0.05, 0) is 18.3 Å². The Balaban J connectivity index is 2.40. The fraction of sp³-hybridized carbons (Fsp3) is 0.857. The van der Waals surface area contributed by atoms with Crippen molar-refractivity contribution in [3.8, 4) is 12.1 Å². The lowest BCUT2D eigenvalue weighted by molar-refractivity contribution is 0.163. The molecule has 1 aliphatic rings. The SMILES string of the molecule is C[C@@H]1CCCC[C@H]1CN(CCC#N)CCC#N. The summed E-state index contributed by atoms with van der Waals surface area (Å²) in [5.41, 5.74) is 0. The first-order valence-electron chi connectivity index (χ1n) is 6.74. The molecule has 0 unspecified atom stereocenters. The van der Waals surface area contributed by atoms with Gasteiger partial charge >= 0.3 is 0 Å². The molecule has 0 radical (unpaired) electrons. The van der Waals surface area contributed by atoms with Gasteiger partial charge in [0.15, 0.2) is 0 Å². The van der Waals surface area contributed by atoms with Crippen molar-refractivity contribution in [1.29, 1.82) is 10.5 Å². The summed E-state index contributed by atoms with van der Waals surface area (Å²) in [4.78, 5) is 2.30. The van der Waals surface area contributed by atoms with Crippen LogP contribution in [0.4, 0.5) is 0 Å². The van der Waals surface area contributed by atoms with Crippen molar-refractivity contribution in [2.75, 3.05) is 19.6 Å². The summed E-state index contributed by atoms with van der Waals surface area (Å²) in [5, 5.41) is 17.3. The number of nitriles is 2. The molecule has 1 rings (SSSR count). The quantitative estimate of drug-likeness (QED) is 0.708. The Kier molecular flexibility index (Phi) is 6.67. The van der Waals surface area contributed by atoms with Crippen molar-refractivity contribution in [3.63, 3.8) is 0 Å². The van der Waals surface area contributed by atoms with Crippen molar-refractivity contribution >= 4 is 0 Å². The zero-order chi connectivity index (χ0) is 12.5. The minimum atomic E-state index is 0.576. The van der Waals surface area contributed by atoms with Gasteiger partial charge in [-0.25, -0.2) is 0 Å². The summed E-state index contributed by atoms with van der Waals surface area (Å²) in [6.45, 7) is 5.06. The van der Waals surface area contributed by atoms with Crippen LogP contribution < -0.4 is 0 Å². The van der Waals surface area contributed by atoms with E-state index in [2.05, 4.69) is 24.0 Å². The van der Waals surface area contributed by atoms with E-state index in [0.717, 1.165) is 31.5 Å². The van der Waals surface area contributed by atoms with Gasteiger partial charge in [-0.1, -0.05) is 26.2 Å². The fourth-order valence-corrected chi connectivity index (χ4v) is 2.71. The second kappa shape index (κ2) is 8.09. The van der Waals surface area contributed by atoms with Crippen LogP contribution in [0.25, 0.3) is 0 Å². The van der Waals surface area contributed by atoms with E-state index in [1.54, 1.807) is 0 Å². The van der Waals surface area contributed by atoms with Crippen LogP contribution in [0.5, 0.6) is 0 Å². The van der Waals surface area contributed by atoms with E-state index in [1.807, 2.05) is 0 Å². The predicted molar refractivity (Wildman–Crippen MR) is 68.0 cm³/mol. The molecule has 3 heteroatoms. The molecule has 0 bridgehead atoms. The Morgan fingerprint density at radius 1 is 1.06 bits per heavy atom. The normalized spacial score (nSPS) is 24.2. The molecule has 0 spiro atoms. The monoisotopic (exact) mass is 233 g/mol. The molecule has 17 heavy (non-hydrogen) atoms. The minimum absolute atomic E-state index is 0.576. The summed E-state index contributed by atoms with van der Waals surface area (Å²) < 4.78 is 0. The molecule has 1 fully saturated rings. The molecule has 94 valence electrons. The lowest BCUT2D eigenvalue weighted by Gasteiger charge is -2.33. The van der Waals surface area contributed by atoms with Gasteiger partial charge in [0.1, 0.15) is 0 Å². The maximum Gasteiger partial charge on any atom is 0.0635 e. The lowest BCUT2D eigenvalue weighted by atomic mass is 9.80. The zero-order valence-electron chi connectivity index (χ0n) is 10.9. The topological polar surface area (TPSA) is 50.8 Å². The molecule has 0 aromatic carbocycles. The summed E-state index contributed by atoms with van der Waals surface area (Å²) >= 11 is 0. The Labute approximate surface area is 105 Å². The Morgan fingerprint density at radius 2 is 1.65 bits per heavy atom. The van der Waals surface area contributed by atoms with Crippen molar-refractivity contribution < 1.29 is 0 Å². The molecule has 0 N–H and O–H groups in total. The van der Waals surface area contributed by atoms with E-state index in [9.17, 15) is 0 Å². The number of rotatable bonds is 6. The van der Waals surface area contributed by atoms with Crippen LogP contribution in [0.2, 0.25) is 0 Å². The average Bonchev–Trinajstić information content (AvgIpc) is 2.35. The first-order chi connectivity index (χ1) is 8.27. The zero-order valence-corrected chi connectivity index (χ0v) is 10.9. The molecule has 1 aliphatic carbocycles. The van der Waals surface area contributed by atoms with Gasteiger partial charge in [0.05, 0.1) is 12.1 Å². The Morgan fingerprint density at radius 3 is 2.18 bits per heavy atom. The molecule has 0 aromatic heterocycles. The molecule has 0 aromatic rings. The van der Waals surface area contributed by atoms with E-state index >= 15 is 0 Å². The van der Waals surface area contributed by atoms with Crippen molar-refractivity contribution in [2.24, 2.45) is 11.8 Å². The van der Waals surface area contributed by atoms with Gasteiger partial charge in [0, 0.05) is 32.5 Å². The van der Waals surface area contributed by atoms with Gasteiger partial charge < -0.3 is 4.90 Å². The maximum absolute atomic E-state index is 8.66. The molecule has 0 amide bonds. The maximum atomic E-state index is 8.66. The van der Waals surface area contributed by atoms with E-state index in [-0.39, 0.29) is 0 Å². The highest BCUT2D eigenvalue weighted by Crippen LogP contribution is 2.30. The average molecular weight is 233 g/mol. The molecule has 3 nitrogen and oxygen atoms in total. The highest BCUT2D eigenvalue weighted by atomic mass is 15.1. The molecular weight excluding hydrogens is 210 g/mol. The third kappa shape index (κ3) is 5.20. The van der Waals surface area contributed by atoms with Gasteiger partial charge in [0.25, 0.3) is 0 Å². The second-order valence-corrected chi connectivity index (χ2v) is 5.14. The van der Waals surface area contributed by atoms with Crippen LogP contribution in [0.15, 0.2) is 0 Å². The lowest BCUT2D eigenvalue weighted by Crippen LogP contribution is -2.35. The fourth-order valence-electron chi connectivity index (χ4n) is 2.71. The van der Waals surface area contributed by atoms with Gasteiger partial charge in [-0.15, -0.1) is 0 Å². The number of hydrogen-bond donors (Lipinski definition) is 0. The van der Waals surface area contributed by atoms with E-state index in [4.69, 9.17) is 10.5 Å². The van der Waals surface area contributed by atoms with Crippen LogP contribution in [0, 0.1) is 34.5 Å².